The highest BCUT2D eigenvalue weighted by atomic mass is 16.6. The number of rotatable bonds is 8. The molecule has 2 aliphatic heterocycles. The van der Waals surface area contributed by atoms with Gasteiger partial charge in [0.25, 0.3) is 0 Å². The Labute approximate surface area is 146 Å². The molecule has 2 aromatic rings. The molecule has 0 bridgehead atoms. The van der Waals surface area contributed by atoms with Crippen molar-refractivity contribution in [2.45, 2.75) is 37.3 Å². The van der Waals surface area contributed by atoms with Crippen molar-refractivity contribution in [2.75, 3.05) is 13.2 Å². The molecule has 5 heteroatoms. The quantitative estimate of drug-likeness (QED) is 0.721. The normalized spacial score (nSPS) is 23.8. The molecule has 5 nitrogen and oxygen atoms in total. The minimum Gasteiger partial charge on any atom is -0.508 e. The molecule has 2 heterocycles. The summed E-state index contributed by atoms with van der Waals surface area (Å²) in [4.78, 5) is 0. The summed E-state index contributed by atoms with van der Waals surface area (Å²) in [7, 11) is 0. The van der Waals surface area contributed by atoms with Gasteiger partial charge in [0.05, 0.1) is 25.4 Å². The number of phenolic OH excluding ortho intramolecular Hbond substituents is 2. The van der Waals surface area contributed by atoms with Crippen molar-refractivity contribution in [1.29, 1.82) is 0 Å². The fourth-order valence-electron chi connectivity index (χ4n) is 3.03. The molecule has 2 aromatic carbocycles. The summed E-state index contributed by atoms with van der Waals surface area (Å²) in [6.45, 7) is 1.44. The second-order valence-electron chi connectivity index (χ2n) is 6.70. The smallest absolute Gasteiger partial charge is 0.115 e. The maximum atomic E-state index is 9.43. The lowest BCUT2D eigenvalue weighted by Crippen LogP contribution is -2.33. The zero-order chi connectivity index (χ0) is 17.2. The standard InChI is InChI=1S/C20H22O5/c21-15-5-1-13(2-6-15)9-17(19-11-23-19)25-18(20-12-24-20)10-14-3-7-16(22)8-4-14/h1-8,17-22H,9-12H2. The van der Waals surface area contributed by atoms with Gasteiger partial charge in [-0.2, -0.15) is 0 Å². The third kappa shape index (κ3) is 4.51. The molecule has 0 saturated carbocycles. The fraction of sp³-hybridized carbons (Fsp3) is 0.400. The van der Waals surface area contributed by atoms with Crippen LogP contribution in [0.4, 0.5) is 0 Å². The van der Waals surface area contributed by atoms with Crippen molar-refractivity contribution in [3.05, 3.63) is 59.7 Å². The van der Waals surface area contributed by atoms with E-state index in [1.165, 1.54) is 0 Å². The Balaban J connectivity index is 1.43. The first-order chi connectivity index (χ1) is 12.2. The average molecular weight is 342 g/mol. The number of aromatic hydroxyl groups is 2. The molecule has 4 rings (SSSR count). The van der Waals surface area contributed by atoms with E-state index >= 15 is 0 Å². The molecule has 0 amide bonds. The summed E-state index contributed by atoms with van der Waals surface area (Å²) >= 11 is 0. The minimum absolute atomic E-state index is 0.0316. The molecule has 4 atom stereocenters. The van der Waals surface area contributed by atoms with E-state index in [2.05, 4.69) is 0 Å². The van der Waals surface area contributed by atoms with Crippen molar-refractivity contribution in [1.82, 2.24) is 0 Å². The molecule has 0 aliphatic carbocycles. The van der Waals surface area contributed by atoms with Gasteiger partial charge in [0, 0.05) is 12.8 Å². The van der Waals surface area contributed by atoms with E-state index in [9.17, 15) is 10.2 Å². The van der Waals surface area contributed by atoms with Crippen molar-refractivity contribution in [3.8, 4) is 11.5 Å². The molecular weight excluding hydrogens is 320 g/mol. The lowest BCUT2D eigenvalue weighted by Gasteiger charge is -2.23. The summed E-state index contributed by atoms with van der Waals surface area (Å²) in [5.41, 5.74) is 2.22. The van der Waals surface area contributed by atoms with Gasteiger partial charge in [-0.1, -0.05) is 24.3 Å². The van der Waals surface area contributed by atoms with E-state index in [1.54, 1.807) is 24.3 Å². The van der Waals surface area contributed by atoms with Crippen LogP contribution in [0, 0.1) is 0 Å². The maximum Gasteiger partial charge on any atom is 0.115 e. The van der Waals surface area contributed by atoms with Gasteiger partial charge in [0.15, 0.2) is 0 Å². The van der Waals surface area contributed by atoms with Crippen LogP contribution in [0.15, 0.2) is 48.5 Å². The summed E-state index contributed by atoms with van der Waals surface area (Å²) in [6.07, 6.45) is 1.66. The number of epoxide rings is 2. The summed E-state index contributed by atoms with van der Waals surface area (Å²) in [5, 5.41) is 18.9. The summed E-state index contributed by atoms with van der Waals surface area (Å²) in [5.74, 6) is 0.529. The molecule has 132 valence electrons. The van der Waals surface area contributed by atoms with Gasteiger partial charge in [-0.25, -0.2) is 0 Å². The number of phenols is 2. The highest BCUT2D eigenvalue weighted by Gasteiger charge is 2.40. The highest BCUT2D eigenvalue weighted by Crippen LogP contribution is 2.28. The Morgan fingerprint density at radius 1 is 0.760 bits per heavy atom. The van der Waals surface area contributed by atoms with E-state index in [0.29, 0.717) is 0 Å². The van der Waals surface area contributed by atoms with Crippen LogP contribution in [0.3, 0.4) is 0 Å². The number of benzene rings is 2. The number of hydrogen-bond donors (Lipinski definition) is 2. The van der Waals surface area contributed by atoms with Gasteiger partial charge in [-0.05, 0) is 35.4 Å². The van der Waals surface area contributed by atoms with Crippen LogP contribution < -0.4 is 0 Å². The Hall–Kier alpha value is -2.08. The number of ether oxygens (including phenoxy) is 3. The molecule has 2 N–H and O–H groups in total. The van der Waals surface area contributed by atoms with Crippen molar-refractivity contribution in [2.24, 2.45) is 0 Å². The van der Waals surface area contributed by atoms with Crippen molar-refractivity contribution in [3.63, 3.8) is 0 Å². The first kappa shape index (κ1) is 16.4. The molecule has 4 unspecified atom stereocenters. The molecule has 25 heavy (non-hydrogen) atoms. The summed E-state index contributed by atoms with van der Waals surface area (Å²) in [6, 6.07) is 14.4. The molecular formula is C20H22O5. The Kier molecular flexibility index (Phi) is 4.61. The van der Waals surface area contributed by atoms with Gasteiger partial charge in [-0.15, -0.1) is 0 Å². The lowest BCUT2D eigenvalue weighted by molar-refractivity contribution is -0.0369. The average Bonchev–Trinajstić information content (AvgIpc) is 3.49. The van der Waals surface area contributed by atoms with Crippen LogP contribution in [-0.4, -0.2) is 47.8 Å². The van der Waals surface area contributed by atoms with Crippen LogP contribution in [0.5, 0.6) is 11.5 Å². The molecule has 0 spiro atoms. The first-order valence-corrected chi connectivity index (χ1v) is 8.62. The van der Waals surface area contributed by atoms with Crippen LogP contribution >= 0.6 is 0 Å². The van der Waals surface area contributed by atoms with Crippen LogP contribution in [0.1, 0.15) is 11.1 Å². The van der Waals surface area contributed by atoms with E-state index in [-0.39, 0.29) is 35.9 Å². The Morgan fingerprint density at radius 2 is 1.12 bits per heavy atom. The van der Waals surface area contributed by atoms with E-state index in [0.717, 1.165) is 37.2 Å². The zero-order valence-electron chi connectivity index (χ0n) is 13.9. The van der Waals surface area contributed by atoms with Crippen molar-refractivity contribution >= 4 is 0 Å². The van der Waals surface area contributed by atoms with E-state index < -0.39 is 0 Å². The van der Waals surface area contributed by atoms with Gasteiger partial charge < -0.3 is 24.4 Å². The molecule has 2 fully saturated rings. The molecule has 2 aliphatic rings. The predicted octanol–water partition coefficient (Wildman–Crippen LogP) is 2.43. The third-order valence-corrected chi connectivity index (χ3v) is 4.64. The SMILES string of the molecule is Oc1ccc(CC(OC(Cc2ccc(O)cc2)C2CO2)C2CO2)cc1. The van der Waals surface area contributed by atoms with Crippen molar-refractivity contribution < 1.29 is 24.4 Å². The second kappa shape index (κ2) is 7.04. The zero-order valence-corrected chi connectivity index (χ0v) is 13.9. The van der Waals surface area contributed by atoms with Gasteiger partial charge in [0.2, 0.25) is 0 Å². The van der Waals surface area contributed by atoms with Gasteiger partial charge >= 0.3 is 0 Å². The lowest BCUT2D eigenvalue weighted by atomic mass is 10.0. The third-order valence-electron chi connectivity index (χ3n) is 4.64. The molecule has 0 aromatic heterocycles. The first-order valence-electron chi connectivity index (χ1n) is 8.62. The molecule has 0 radical (unpaired) electrons. The fourth-order valence-corrected chi connectivity index (χ4v) is 3.03. The largest absolute Gasteiger partial charge is 0.508 e. The summed E-state index contributed by atoms with van der Waals surface area (Å²) < 4.78 is 17.4. The maximum absolute atomic E-state index is 9.43. The van der Waals surface area contributed by atoms with Crippen LogP contribution in [0.25, 0.3) is 0 Å². The molecule has 2 saturated heterocycles. The minimum atomic E-state index is -0.0316. The van der Waals surface area contributed by atoms with E-state index in [4.69, 9.17) is 14.2 Å². The van der Waals surface area contributed by atoms with Gasteiger partial charge in [0.1, 0.15) is 23.7 Å². The highest BCUT2D eigenvalue weighted by molar-refractivity contribution is 5.27. The van der Waals surface area contributed by atoms with Crippen LogP contribution in [0.2, 0.25) is 0 Å². The topological polar surface area (TPSA) is 74.8 Å². The van der Waals surface area contributed by atoms with Crippen LogP contribution in [-0.2, 0) is 27.1 Å². The van der Waals surface area contributed by atoms with E-state index in [1.807, 2.05) is 24.3 Å². The number of hydrogen-bond acceptors (Lipinski definition) is 5. The predicted molar refractivity (Wildman–Crippen MR) is 91.8 cm³/mol. The van der Waals surface area contributed by atoms with Gasteiger partial charge in [-0.3, -0.25) is 0 Å². The monoisotopic (exact) mass is 342 g/mol. The Morgan fingerprint density at radius 3 is 1.44 bits per heavy atom. The second-order valence-corrected chi connectivity index (χ2v) is 6.70. The Bertz CT molecular complexity index is 628.